The van der Waals surface area contributed by atoms with Crippen molar-refractivity contribution in [2.24, 2.45) is 0 Å². The van der Waals surface area contributed by atoms with Gasteiger partial charge in [-0.3, -0.25) is 0 Å². The van der Waals surface area contributed by atoms with Crippen LogP contribution in [-0.2, 0) is 0 Å². The average molecular weight is 277 g/mol. The molecule has 0 saturated heterocycles. The highest BCUT2D eigenvalue weighted by Gasteiger charge is 2.10. The summed E-state index contributed by atoms with van der Waals surface area (Å²) in [7, 11) is 0. The lowest BCUT2D eigenvalue weighted by Gasteiger charge is -2.16. The molecule has 2 rings (SSSR count). The number of alkyl halides is 2. The fourth-order valence-corrected chi connectivity index (χ4v) is 1.97. The SMILES string of the molecule is CC(CNc1ccccc1OC(F)F)c1ccccc1. The second-order valence-electron chi connectivity index (χ2n) is 4.57. The van der Waals surface area contributed by atoms with E-state index in [9.17, 15) is 8.78 Å². The predicted octanol–water partition coefficient (Wildman–Crippen LogP) is 4.50. The van der Waals surface area contributed by atoms with Crippen LogP contribution in [0.4, 0.5) is 14.5 Å². The second-order valence-corrected chi connectivity index (χ2v) is 4.57. The maximum atomic E-state index is 12.3. The minimum absolute atomic E-state index is 0.169. The monoisotopic (exact) mass is 277 g/mol. The number of ether oxygens (including phenoxy) is 1. The molecule has 0 heterocycles. The quantitative estimate of drug-likeness (QED) is 0.839. The summed E-state index contributed by atoms with van der Waals surface area (Å²) in [6.45, 7) is -0.0866. The van der Waals surface area contributed by atoms with Gasteiger partial charge in [0, 0.05) is 6.54 Å². The topological polar surface area (TPSA) is 21.3 Å². The van der Waals surface area contributed by atoms with Gasteiger partial charge in [0.15, 0.2) is 0 Å². The van der Waals surface area contributed by atoms with Gasteiger partial charge in [-0.1, -0.05) is 49.4 Å². The number of nitrogens with one attached hydrogen (secondary N) is 1. The van der Waals surface area contributed by atoms with E-state index in [0.717, 1.165) is 0 Å². The van der Waals surface area contributed by atoms with E-state index in [4.69, 9.17) is 0 Å². The van der Waals surface area contributed by atoms with Crippen LogP contribution in [0.15, 0.2) is 54.6 Å². The zero-order valence-corrected chi connectivity index (χ0v) is 11.2. The van der Waals surface area contributed by atoms with Gasteiger partial charge in [0.2, 0.25) is 0 Å². The van der Waals surface area contributed by atoms with Crippen molar-refractivity contribution in [2.45, 2.75) is 19.5 Å². The molecule has 4 heteroatoms. The first-order chi connectivity index (χ1) is 9.66. The molecule has 0 aliphatic heterocycles. The van der Waals surface area contributed by atoms with Crippen molar-refractivity contribution < 1.29 is 13.5 Å². The van der Waals surface area contributed by atoms with Crippen LogP contribution < -0.4 is 10.1 Å². The summed E-state index contributed by atoms with van der Waals surface area (Å²) in [5.41, 5.74) is 1.78. The van der Waals surface area contributed by atoms with Gasteiger partial charge in [-0.15, -0.1) is 0 Å². The molecule has 106 valence electrons. The molecule has 20 heavy (non-hydrogen) atoms. The molecule has 0 bridgehead atoms. The number of anilines is 1. The van der Waals surface area contributed by atoms with Crippen molar-refractivity contribution >= 4 is 5.69 Å². The number of hydrogen-bond acceptors (Lipinski definition) is 2. The van der Waals surface area contributed by atoms with Crippen LogP contribution in [-0.4, -0.2) is 13.2 Å². The van der Waals surface area contributed by atoms with Crippen molar-refractivity contribution in [3.05, 3.63) is 60.2 Å². The van der Waals surface area contributed by atoms with E-state index in [1.54, 1.807) is 18.2 Å². The van der Waals surface area contributed by atoms with Crippen LogP contribution >= 0.6 is 0 Å². The summed E-state index contributed by atoms with van der Waals surface area (Å²) in [5.74, 6) is 0.443. The summed E-state index contributed by atoms with van der Waals surface area (Å²) in [5, 5.41) is 3.16. The Morgan fingerprint density at radius 1 is 1.00 bits per heavy atom. The van der Waals surface area contributed by atoms with Gasteiger partial charge in [-0.25, -0.2) is 0 Å². The lowest BCUT2D eigenvalue weighted by molar-refractivity contribution is -0.0493. The molecule has 1 unspecified atom stereocenters. The van der Waals surface area contributed by atoms with Gasteiger partial charge < -0.3 is 10.1 Å². The Morgan fingerprint density at radius 2 is 1.65 bits per heavy atom. The van der Waals surface area contributed by atoms with E-state index in [1.165, 1.54) is 11.6 Å². The molecule has 2 aromatic carbocycles. The minimum Gasteiger partial charge on any atom is -0.433 e. The zero-order chi connectivity index (χ0) is 14.4. The van der Waals surface area contributed by atoms with Crippen molar-refractivity contribution in [1.29, 1.82) is 0 Å². The van der Waals surface area contributed by atoms with Gasteiger partial charge in [0.1, 0.15) is 5.75 Å². The van der Waals surface area contributed by atoms with E-state index >= 15 is 0 Å². The molecule has 0 radical (unpaired) electrons. The van der Waals surface area contributed by atoms with Crippen LogP contribution in [0.2, 0.25) is 0 Å². The summed E-state index contributed by atoms with van der Waals surface area (Å²) in [4.78, 5) is 0. The standard InChI is InChI=1S/C16H17F2NO/c1-12(13-7-3-2-4-8-13)11-19-14-9-5-6-10-15(14)20-16(17)18/h2-10,12,16,19H,11H2,1H3. The highest BCUT2D eigenvalue weighted by atomic mass is 19.3. The second kappa shape index (κ2) is 6.89. The van der Waals surface area contributed by atoms with E-state index in [2.05, 4.69) is 17.0 Å². The van der Waals surface area contributed by atoms with Gasteiger partial charge in [0.05, 0.1) is 5.69 Å². The molecule has 0 spiro atoms. The molecular weight excluding hydrogens is 260 g/mol. The number of benzene rings is 2. The lowest BCUT2D eigenvalue weighted by Crippen LogP contribution is -2.11. The summed E-state index contributed by atoms with van der Waals surface area (Å²) >= 11 is 0. The molecule has 1 atom stereocenters. The third kappa shape index (κ3) is 3.95. The number of rotatable bonds is 6. The Balaban J connectivity index is 2.00. The Labute approximate surface area is 117 Å². The normalized spacial score (nSPS) is 12.2. The van der Waals surface area contributed by atoms with Crippen LogP contribution in [0.1, 0.15) is 18.4 Å². The van der Waals surface area contributed by atoms with Gasteiger partial charge >= 0.3 is 6.61 Å². The molecule has 0 amide bonds. The maximum Gasteiger partial charge on any atom is 0.387 e. The fourth-order valence-electron chi connectivity index (χ4n) is 1.97. The Hall–Kier alpha value is -2.10. The van der Waals surface area contributed by atoms with Gasteiger partial charge in [-0.05, 0) is 23.6 Å². The highest BCUT2D eigenvalue weighted by Crippen LogP contribution is 2.26. The average Bonchev–Trinajstić information content (AvgIpc) is 2.46. The molecule has 0 aliphatic rings. The van der Waals surface area contributed by atoms with Crippen molar-refractivity contribution in [2.75, 3.05) is 11.9 Å². The van der Waals surface area contributed by atoms with Crippen LogP contribution in [0.5, 0.6) is 5.75 Å². The molecule has 0 saturated carbocycles. The molecule has 2 nitrogen and oxygen atoms in total. The highest BCUT2D eigenvalue weighted by molar-refractivity contribution is 5.56. The first-order valence-corrected chi connectivity index (χ1v) is 6.49. The predicted molar refractivity (Wildman–Crippen MR) is 76.4 cm³/mol. The molecule has 1 N–H and O–H groups in total. The largest absolute Gasteiger partial charge is 0.433 e. The van der Waals surface area contributed by atoms with Crippen molar-refractivity contribution in [3.63, 3.8) is 0 Å². The zero-order valence-electron chi connectivity index (χ0n) is 11.2. The fraction of sp³-hybridized carbons (Fsp3) is 0.250. The van der Waals surface area contributed by atoms with E-state index in [0.29, 0.717) is 12.2 Å². The first kappa shape index (κ1) is 14.3. The first-order valence-electron chi connectivity index (χ1n) is 6.49. The molecular formula is C16H17F2NO. The Bertz CT molecular complexity index is 531. The number of halogens is 2. The van der Waals surface area contributed by atoms with Crippen LogP contribution in [0, 0.1) is 0 Å². The minimum atomic E-state index is -2.82. The molecule has 0 aromatic heterocycles. The lowest BCUT2D eigenvalue weighted by atomic mass is 10.0. The number of para-hydroxylation sites is 2. The molecule has 2 aromatic rings. The number of hydrogen-bond donors (Lipinski definition) is 1. The Kier molecular flexibility index (Phi) is 4.93. The summed E-state index contributed by atoms with van der Waals surface area (Å²) in [6, 6.07) is 16.8. The third-order valence-corrected chi connectivity index (χ3v) is 3.07. The van der Waals surface area contributed by atoms with Crippen molar-refractivity contribution in [3.8, 4) is 5.75 Å². The van der Waals surface area contributed by atoms with E-state index in [-0.39, 0.29) is 11.7 Å². The summed E-state index contributed by atoms with van der Waals surface area (Å²) in [6.07, 6.45) is 0. The van der Waals surface area contributed by atoms with Crippen LogP contribution in [0.3, 0.4) is 0 Å². The Morgan fingerprint density at radius 3 is 2.35 bits per heavy atom. The van der Waals surface area contributed by atoms with E-state index in [1.807, 2.05) is 30.3 Å². The molecule has 0 aliphatic carbocycles. The van der Waals surface area contributed by atoms with E-state index < -0.39 is 6.61 Å². The smallest absolute Gasteiger partial charge is 0.387 e. The summed E-state index contributed by atoms with van der Waals surface area (Å²) < 4.78 is 29.1. The van der Waals surface area contributed by atoms with Gasteiger partial charge in [0.25, 0.3) is 0 Å². The third-order valence-electron chi connectivity index (χ3n) is 3.07. The van der Waals surface area contributed by atoms with Crippen LogP contribution in [0.25, 0.3) is 0 Å². The van der Waals surface area contributed by atoms with Crippen molar-refractivity contribution in [1.82, 2.24) is 0 Å². The van der Waals surface area contributed by atoms with Gasteiger partial charge in [-0.2, -0.15) is 8.78 Å². The maximum absolute atomic E-state index is 12.3. The molecule has 0 fully saturated rings.